The van der Waals surface area contributed by atoms with Crippen molar-refractivity contribution in [3.8, 4) is 5.75 Å². The molecule has 0 amide bonds. The van der Waals surface area contributed by atoms with E-state index in [1.807, 2.05) is 0 Å². The molecular formula is C13H16ClF3O. The summed E-state index contributed by atoms with van der Waals surface area (Å²) >= 11 is 5.61. The van der Waals surface area contributed by atoms with Crippen LogP contribution >= 0.6 is 11.6 Å². The maximum atomic E-state index is 12.3. The minimum absolute atomic E-state index is 0.456. The molecule has 0 spiro atoms. The average Bonchev–Trinajstić information content (AvgIpc) is 2.29. The minimum Gasteiger partial charge on any atom is -0.494 e. The first-order valence-corrected chi connectivity index (χ1v) is 6.33. The molecule has 0 aliphatic carbocycles. The van der Waals surface area contributed by atoms with E-state index in [0.717, 1.165) is 25.0 Å². The SMILES string of the molecule is CC(CCCl)CCOc1ccc(C(F)(F)F)cc1. The first-order chi connectivity index (χ1) is 8.43. The highest BCUT2D eigenvalue weighted by atomic mass is 35.5. The van der Waals surface area contributed by atoms with Gasteiger partial charge >= 0.3 is 6.18 Å². The molecule has 1 aromatic carbocycles. The summed E-state index contributed by atoms with van der Waals surface area (Å²) in [5.74, 6) is 1.53. The Labute approximate surface area is 110 Å². The van der Waals surface area contributed by atoms with Crippen molar-refractivity contribution in [3.63, 3.8) is 0 Å². The van der Waals surface area contributed by atoms with Crippen molar-refractivity contribution in [1.29, 1.82) is 0 Å². The van der Waals surface area contributed by atoms with Crippen LogP contribution < -0.4 is 4.74 Å². The fourth-order valence-corrected chi connectivity index (χ4v) is 1.82. The fraction of sp³-hybridized carbons (Fsp3) is 0.538. The third-order valence-corrected chi connectivity index (χ3v) is 2.88. The smallest absolute Gasteiger partial charge is 0.416 e. The third kappa shape index (κ3) is 5.17. The highest BCUT2D eigenvalue weighted by Crippen LogP contribution is 2.30. The number of halogens is 4. The molecule has 1 nitrogen and oxygen atoms in total. The predicted octanol–water partition coefficient (Wildman–Crippen LogP) is 4.74. The van der Waals surface area contributed by atoms with Gasteiger partial charge in [-0.3, -0.25) is 0 Å². The number of ether oxygens (including phenoxy) is 1. The number of alkyl halides is 4. The molecule has 1 unspecified atom stereocenters. The average molecular weight is 281 g/mol. The molecule has 102 valence electrons. The van der Waals surface area contributed by atoms with Crippen molar-refractivity contribution in [2.24, 2.45) is 5.92 Å². The molecule has 0 aliphatic rings. The third-order valence-electron chi connectivity index (χ3n) is 2.66. The minimum atomic E-state index is -4.30. The van der Waals surface area contributed by atoms with E-state index >= 15 is 0 Å². The Kier molecular flexibility index (Phi) is 5.79. The van der Waals surface area contributed by atoms with E-state index in [1.54, 1.807) is 0 Å². The van der Waals surface area contributed by atoms with Gasteiger partial charge in [-0.05, 0) is 43.0 Å². The molecule has 1 rings (SSSR count). The van der Waals surface area contributed by atoms with Crippen LogP contribution in [0.5, 0.6) is 5.75 Å². The van der Waals surface area contributed by atoms with Gasteiger partial charge in [0.05, 0.1) is 12.2 Å². The standard InChI is InChI=1S/C13H16ClF3O/c1-10(6-8-14)7-9-18-12-4-2-11(3-5-12)13(15,16)17/h2-5,10H,6-9H2,1H3. The van der Waals surface area contributed by atoms with Crippen molar-refractivity contribution < 1.29 is 17.9 Å². The molecular weight excluding hydrogens is 265 g/mol. The van der Waals surface area contributed by atoms with Gasteiger partial charge in [0.15, 0.2) is 0 Å². The molecule has 0 aliphatic heterocycles. The number of rotatable bonds is 6. The number of hydrogen-bond donors (Lipinski definition) is 0. The zero-order chi connectivity index (χ0) is 13.6. The van der Waals surface area contributed by atoms with Crippen LogP contribution in [0.1, 0.15) is 25.3 Å². The molecule has 0 bridgehead atoms. The van der Waals surface area contributed by atoms with Crippen LogP contribution in [0, 0.1) is 5.92 Å². The van der Waals surface area contributed by atoms with E-state index in [1.165, 1.54) is 12.1 Å². The molecule has 0 heterocycles. The van der Waals surface area contributed by atoms with Gasteiger partial charge in [-0.1, -0.05) is 6.92 Å². The highest BCUT2D eigenvalue weighted by molar-refractivity contribution is 6.17. The van der Waals surface area contributed by atoms with Gasteiger partial charge in [0.2, 0.25) is 0 Å². The lowest BCUT2D eigenvalue weighted by Gasteiger charge is -2.11. The van der Waals surface area contributed by atoms with Gasteiger partial charge in [0.25, 0.3) is 0 Å². The summed E-state index contributed by atoms with van der Waals surface area (Å²) < 4.78 is 42.3. The van der Waals surface area contributed by atoms with E-state index in [-0.39, 0.29) is 0 Å². The second-order valence-corrected chi connectivity index (χ2v) is 4.62. The highest BCUT2D eigenvalue weighted by Gasteiger charge is 2.29. The topological polar surface area (TPSA) is 9.23 Å². The van der Waals surface area contributed by atoms with Crippen LogP contribution in [0.15, 0.2) is 24.3 Å². The lowest BCUT2D eigenvalue weighted by atomic mass is 10.1. The molecule has 0 aromatic heterocycles. The van der Waals surface area contributed by atoms with Crippen molar-refractivity contribution in [3.05, 3.63) is 29.8 Å². The largest absolute Gasteiger partial charge is 0.494 e. The first-order valence-electron chi connectivity index (χ1n) is 5.79. The fourth-order valence-electron chi connectivity index (χ4n) is 1.45. The Morgan fingerprint density at radius 3 is 2.28 bits per heavy atom. The molecule has 0 fully saturated rings. The van der Waals surface area contributed by atoms with Gasteiger partial charge < -0.3 is 4.74 Å². The summed E-state index contributed by atoms with van der Waals surface area (Å²) in [5.41, 5.74) is -0.662. The van der Waals surface area contributed by atoms with Crippen LogP contribution in [-0.4, -0.2) is 12.5 Å². The Morgan fingerprint density at radius 1 is 1.17 bits per heavy atom. The molecule has 1 aromatic rings. The van der Waals surface area contributed by atoms with Crippen LogP contribution in [-0.2, 0) is 6.18 Å². The summed E-state index contributed by atoms with van der Waals surface area (Å²) in [4.78, 5) is 0. The maximum absolute atomic E-state index is 12.3. The van der Waals surface area contributed by atoms with E-state index in [2.05, 4.69) is 6.92 Å². The maximum Gasteiger partial charge on any atom is 0.416 e. The molecule has 0 saturated heterocycles. The van der Waals surface area contributed by atoms with Crippen molar-refractivity contribution in [2.45, 2.75) is 25.9 Å². The first kappa shape index (κ1) is 15.2. The molecule has 1 atom stereocenters. The second kappa shape index (κ2) is 6.88. The quantitative estimate of drug-likeness (QED) is 0.684. The van der Waals surface area contributed by atoms with Gasteiger partial charge in [-0.15, -0.1) is 11.6 Å². The monoisotopic (exact) mass is 280 g/mol. The van der Waals surface area contributed by atoms with Crippen LogP contribution in [0.25, 0.3) is 0 Å². The van der Waals surface area contributed by atoms with E-state index in [4.69, 9.17) is 16.3 Å². The Bertz CT molecular complexity index is 348. The molecule has 18 heavy (non-hydrogen) atoms. The summed E-state index contributed by atoms with van der Waals surface area (Å²) in [6.07, 6.45) is -2.54. The van der Waals surface area contributed by atoms with Gasteiger partial charge in [0, 0.05) is 5.88 Å². The predicted molar refractivity (Wildman–Crippen MR) is 66.1 cm³/mol. The Hall–Kier alpha value is -0.900. The second-order valence-electron chi connectivity index (χ2n) is 4.24. The van der Waals surface area contributed by atoms with Crippen LogP contribution in [0.2, 0.25) is 0 Å². The zero-order valence-corrected chi connectivity index (χ0v) is 10.9. The van der Waals surface area contributed by atoms with Crippen molar-refractivity contribution >= 4 is 11.6 Å². The van der Waals surface area contributed by atoms with E-state index < -0.39 is 11.7 Å². The molecule has 0 saturated carbocycles. The normalized spacial score (nSPS) is 13.4. The van der Waals surface area contributed by atoms with E-state index in [0.29, 0.717) is 24.2 Å². The lowest BCUT2D eigenvalue weighted by Crippen LogP contribution is -2.06. The summed E-state index contributed by atoms with van der Waals surface area (Å²) in [5, 5.41) is 0. The Balaban J connectivity index is 2.40. The summed E-state index contributed by atoms with van der Waals surface area (Å²) in [6.45, 7) is 2.56. The van der Waals surface area contributed by atoms with Crippen molar-refractivity contribution in [1.82, 2.24) is 0 Å². The van der Waals surface area contributed by atoms with Gasteiger partial charge in [0.1, 0.15) is 5.75 Å². The number of benzene rings is 1. The molecule has 0 radical (unpaired) electrons. The van der Waals surface area contributed by atoms with Crippen LogP contribution in [0.4, 0.5) is 13.2 Å². The van der Waals surface area contributed by atoms with Crippen LogP contribution in [0.3, 0.4) is 0 Å². The number of hydrogen-bond acceptors (Lipinski definition) is 1. The lowest BCUT2D eigenvalue weighted by molar-refractivity contribution is -0.137. The van der Waals surface area contributed by atoms with E-state index in [9.17, 15) is 13.2 Å². The summed E-state index contributed by atoms with van der Waals surface area (Å²) in [7, 11) is 0. The van der Waals surface area contributed by atoms with Gasteiger partial charge in [-0.2, -0.15) is 13.2 Å². The summed E-state index contributed by atoms with van der Waals surface area (Å²) in [6, 6.07) is 4.74. The molecule has 0 N–H and O–H groups in total. The van der Waals surface area contributed by atoms with Crippen molar-refractivity contribution in [2.75, 3.05) is 12.5 Å². The Morgan fingerprint density at radius 2 is 1.78 bits per heavy atom. The van der Waals surface area contributed by atoms with Gasteiger partial charge in [-0.25, -0.2) is 0 Å². The molecule has 5 heteroatoms. The zero-order valence-electron chi connectivity index (χ0n) is 10.1.